The molecule has 1 aliphatic heterocycles. The third-order valence-corrected chi connectivity index (χ3v) is 6.26. The van der Waals surface area contributed by atoms with Crippen molar-refractivity contribution in [2.24, 2.45) is 5.92 Å². The van der Waals surface area contributed by atoms with E-state index in [4.69, 9.17) is 0 Å². The average molecular weight is 458 g/mol. The van der Waals surface area contributed by atoms with Gasteiger partial charge in [0.25, 0.3) is 0 Å². The summed E-state index contributed by atoms with van der Waals surface area (Å²) in [6, 6.07) is 23.9. The van der Waals surface area contributed by atoms with E-state index in [-0.39, 0.29) is 19.0 Å². The number of hydrogen-bond donors (Lipinski definition) is 3. The summed E-state index contributed by atoms with van der Waals surface area (Å²) in [5.74, 6) is -1.41. The van der Waals surface area contributed by atoms with Crippen LogP contribution in [-0.2, 0) is 22.6 Å². The third-order valence-electron chi connectivity index (χ3n) is 6.26. The molecule has 3 N–H and O–H groups in total. The maximum absolute atomic E-state index is 13.3. The number of para-hydroxylation sites is 2. The second-order valence-corrected chi connectivity index (χ2v) is 9.05. The lowest BCUT2D eigenvalue weighted by Gasteiger charge is -2.39. The van der Waals surface area contributed by atoms with Gasteiger partial charge in [0, 0.05) is 26.1 Å². The van der Waals surface area contributed by atoms with E-state index in [0.717, 1.165) is 22.5 Å². The van der Waals surface area contributed by atoms with E-state index in [1.54, 1.807) is 4.90 Å². The fourth-order valence-corrected chi connectivity index (χ4v) is 4.05. The molecule has 1 aliphatic rings. The van der Waals surface area contributed by atoms with Gasteiger partial charge >= 0.3 is 5.97 Å². The molecule has 6 nitrogen and oxygen atoms in total. The van der Waals surface area contributed by atoms with Gasteiger partial charge < -0.3 is 20.6 Å². The molecule has 4 rings (SSSR count). The van der Waals surface area contributed by atoms with Crippen LogP contribution in [0.25, 0.3) is 0 Å². The van der Waals surface area contributed by atoms with Crippen molar-refractivity contribution in [1.29, 1.82) is 0 Å². The molecule has 34 heavy (non-hydrogen) atoms. The number of nitrogens with one attached hydrogen (secondary N) is 2. The van der Waals surface area contributed by atoms with E-state index in [1.807, 2.05) is 55.5 Å². The Bertz CT molecular complexity index is 1140. The van der Waals surface area contributed by atoms with Gasteiger partial charge in [-0.1, -0.05) is 71.8 Å². The van der Waals surface area contributed by atoms with Crippen molar-refractivity contribution >= 4 is 23.3 Å². The van der Waals surface area contributed by atoms with Crippen molar-refractivity contribution in [3.63, 3.8) is 0 Å². The van der Waals surface area contributed by atoms with Crippen molar-refractivity contribution in [2.75, 3.05) is 23.7 Å². The normalized spacial score (nSPS) is 14.2. The average Bonchev–Trinajstić information content (AvgIpc) is 2.79. The highest BCUT2D eigenvalue weighted by atomic mass is 16.4. The summed E-state index contributed by atoms with van der Waals surface area (Å²) in [4.78, 5) is 26.2. The molecular formula is C28H31N3O3. The van der Waals surface area contributed by atoms with Gasteiger partial charge in [-0.15, -0.1) is 0 Å². The Morgan fingerprint density at radius 1 is 0.882 bits per heavy atom. The summed E-state index contributed by atoms with van der Waals surface area (Å²) >= 11 is 0. The maximum Gasteiger partial charge on any atom is 0.310 e. The number of aryl methyl sites for hydroxylation is 2. The minimum atomic E-state index is -0.849. The summed E-state index contributed by atoms with van der Waals surface area (Å²) < 4.78 is 0. The molecule has 6 heteroatoms. The van der Waals surface area contributed by atoms with Crippen LogP contribution in [-0.4, -0.2) is 41.0 Å². The zero-order valence-corrected chi connectivity index (χ0v) is 19.6. The molecule has 0 spiro atoms. The molecule has 1 unspecified atom stereocenters. The summed E-state index contributed by atoms with van der Waals surface area (Å²) in [5.41, 5.74) is 6.37. The van der Waals surface area contributed by atoms with Gasteiger partial charge in [0.05, 0.1) is 17.3 Å². The molecule has 0 aliphatic carbocycles. The number of aliphatic carboxylic acids is 1. The van der Waals surface area contributed by atoms with E-state index >= 15 is 0 Å². The zero-order valence-electron chi connectivity index (χ0n) is 19.6. The van der Waals surface area contributed by atoms with Crippen LogP contribution in [0.4, 0.5) is 11.4 Å². The first-order chi connectivity index (χ1) is 16.4. The molecule has 1 saturated heterocycles. The molecule has 1 heterocycles. The number of likely N-dealkylation sites (tertiary alicyclic amines) is 1. The van der Waals surface area contributed by atoms with Crippen molar-refractivity contribution in [2.45, 2.75) is 32.9 Å². The van der Waals surface area contributed by atoms with Gasteiger partial charge in [-0.05, 0) is 37.1 Å². The van der Waals surface area contributed by atoms with Gasteiger partial charge in [-0.3, -0.25) is 9.59 Å². The number of benzene rings is 3. The van der Waals surface area contributed by atoms with Crippen LogP contribution >= 0.6 is 0 Å². The predicted molar refractivity (Wildman–Crippen MR) is 135 cm³/mol. The second-order valence-electron chi connectivity index (χ2n) is 9.05. The van der Waals surface area contributed by atoms with Crippen molar-refractivity contribution < 1.29 is 14.7 Å². The lowest BCUT2D eigenvalue weighted by atomic mass is 9.97. The Labute approximate surface area is 200 Å². The molecule has 176 valence electrons. The monoisotopic (exact) mass is 457 g/mol. The van der Waals surface area contributed by atoms with Gasteiger partial charge in [-0.25, -0.2) is 0 Å². The Hall–Kier alpha value is -3.80. The maximum atomic E-state index is 13.3. The van der Waals surface area contributed by atoms with Crippen molar-refractivity contribution in [1.82, 2.24) is 4.90 Å². The molecule has 1 atom stereocenters. The number of nitrogens with zero attached hydrogens (tertiary/aromatic N) is 1. The highest BCUT2D eigenvalue weighted by Gasteiger charge is 2.38. The molecule has 0 aromatic heterocycles. The Morgan fingerprint density at radius 3 is 2.03 bits per heavy atom. The number of carboxylic acid groups (broad SMARTS) is 1. The van der Waals surface area contributed by atoms with E-state index in [9.17, 15) is 14.7 Å². The molecule has 0 bridgehead atoms. The second kappa shape index (κ2) is 10.4. The summed E-state index contributed by atoms with van der Waals surface area (Å²) in [6.07, 6.45) is 0.514. The number of carbonyl (C=O) groups excluding carboxylic acids is 1. The summed E-state index contributed by atoms with van der Waals surface area (Å²) in [6.45, 7) is 5.29. The Balaban J connectivity index is 1.51. The largest absolute Gasteiger partial charge is 0.481 e. The number of rotatable bonds is 9. The number of carboxylic acids is 1. The minimum absolute atomic E-state index is 0.0774. The standard InChI is InChI=1S/C28H31N3O3/c1-19-7-11-21(12-8-19)15-26(27(32)31-17-23(18-31)28(33)34)30-25-6-4-3-5-24(25)29-16-22-13-9-20(2)10-14-22/h3-14,23,26,29-30H,15-18H2,1-2H3,(H,33,34). The van der Waals surface area contributed by atoms with E-state index in [0.29, 0.717) is 13.0 Å². The van der Waals surface area contributed by atoms with Crippen molar-refractivity contribution in [3.05, 3.63) is 95.1 Å². The van der Waals surface area contributed by atoms with Gasteiger partial charge in [0.15, 0.2) is 0 Å². The Morgan fingerprint density at radius 2 is 1.44 bits per heavy atom. The third kappa shape index (κ3) is 5.76. The van der Waals surface area contributed by atoms with Crippen LogP contribution in [0.1, 0.15) is 22.3 Å². The molecule has 0 radical (unpaired) electrons. The minimum Gasteiger partial charge on any atom is -0.481 e. The van der Waals surface area contributed by atoms with Crippen LogP contribution < -0.4 is 10.6 Å². The van der Waals surface area contributed by atoms with Gasteiger partial charge in [0.1, 0.15) is 6.04 Å². The fraction of sp³-hybridized carbons (Fsp3) is 0.286. The first kappa shape index (κ1) is 23.4. The fourth-order valence-electron chi connectivity index (χ4n) is 4.05. The number of amides is 1. The number of hydrogen-bond acceptors (Lipinski definition) is 4. The first-order valence-electron chi connectivity index (χ1n) is 11.6. The molecule has 1 amide bonds. The summed E-state index contributed by atoms with van der Waals surface area (Å²) in [7, 11) is 0. The first-order valence-corrected chi connectivity index (χ1v) is 11.6. The van der Waals surface area contributed by atoms with Crippen LogP contribution in [0.2, 0.25) is 0 Å². The van der Waals surface area contributed by atoms with E-state index < -0.39 is 17.9 Å². The lowest BCUT2D eigenvalue weighted by molar-refractivity contribution is -0.153. The van der Waals surface area contributed by atoms with Gasteiger partial charge in [0.2, 0.25) is 5.91 Å². The summed E-state index contributed by atoms with van der Waals surface area (Å²) in [5, 5.41) is 16.1. The highest BCUT2D eigenvalue weighted by molar-refractivity contribution is 5.88. The topological polar surface area (TPSA) is 81.7 Å². The van der Waals surface area contributed by atoms with Crippen LogP contribution in [0.5, 0.6) is 0 Å². The molecule has 1 fully saturated rings. The smallest absolute Gasteiger partial charge is 0.310 e. The number of carbonyl (C=O) groups is 2. The predicted octanol–water partition coefficient (Wildman–Crippen LogP) is 4.48. The van der Waals surface area contributed by atoms with E-state index in [2.05, 4.69) is 41.8 Å². The molecule has 3 aromatic rings. The highest BCUT2D eigenvalue weighted by Crippen LogP contribution is 2.26. The van der Waals surface area contributed by atoms with Crippen LogP contribution in [0.3, 0.4) is 0 Å². The SMILES string of the molecule is Cc1ccc(CNc2ccccc2NC(Cc2ccc(C)cc2)C(=O)N2CC(C(=O)O)C2)cc1. The van der Waals surface area contributed by atoms with Crippen LogP contribution in [0, 0.1) is 19.8 Å². The molecule has 0 saturated carbocycles. The Kier molecular flexibility index (Phi) is 7.16. The van der Waals surface area contributed by atoms with Gasteiger partial charge in [-0.2, -0.15) is 0 Å². The zero-order chi connectivity index (χ0) is 24.1. The lowest BCUT2D eigenvalue weighted by Crippen LogP contribution is -2.57. The molecule has 3 aromatic carbocycles. The molecular weight excluding hydrogens is 426 g/mol. The quantitative estimate of drug-likeness (QED) is 0.441. The van der Waals surface area contributed by atoms with E-state index in [1.165, 1.54) is 11.1 Å². The van der Waals surface area contributed by atoms with Crippen molar-refractivity contribution in [3.8, 4) is 0 Å². The number of anilines is 2. The van der Waals surface area contributed by atoms with Crippen LogP contribution in [0.15, 0.2) is 72.8 Å².